The van der Waals surface area contributed by atoms with Crippen molar-refractivity contribution < 1.29 is 17.2 Å². The lowest BCUT2D eigenvalue weighted by Gasteiger charge is -2.08. The molecule has 1 rings (SSSR count). The number of rotatable bonds is 10. The first kappa shape index (κ1) is 18.1. The molecule has 0 aliphatic heterocycles. The predicted octanol–water partition coefficient (Wildman–Crippen LogP) is 1.94. The number of nitrogens with zero attached hydrogens (tertiary/aromatic N) is 1. The molecule has 21 heavy (non-hydrogen) atoms. The first-order chi connectivity index (χ1) is 9.90. The van der Waals surface area contributed by atoms with Crippen molar-refractivity contribution in [2.75, 3.05) is 13.1 Å². The van der Waals surface area contributed by atoms with E-state index in [1.54, 1.807) is 0 Å². The summed E-state index contributed by atoms with van der Waals surface area (Å²) in [4.78, 5) is 0.0323. The number of hydrogen-bond acceptors (Lipinski definition) is 3. The average molecular weight is 323 g/mol. The summed E-state index contributed by atoms with van der Waals surface area (Å²) in [5, 5.41) is 3.21. The van der Waals surface area contributed by atoms with Gasteiger partial charge < -0.3 is 9.88 Å². The standard InChI is InChI=1S/C13H23F2N3O2S/c1-3-5-16-8-11-7-12(10-18(11)6-4-2)21(19,20)17-9-13(14)15/h7,10,13,16-17H,3-6,8-9H2,1-2H3. The topological polar surface area (TPSA) is 63.1 Å². The Kier molecular flexibility index (Phi) is 7.27. The molecule has 1 aromatic rings. The van der Waals surface area contributed by atoms with Crippen LogP contribution in [0.2, 0.25) is 0 Å². The first-order valence-corrected chi connectivity index (χ1v) is 8.56. The molecule has 0 saturated heterocycles. The SMILES string of the molecule is CCCNCc1cc(S(=O)(=O)NCC(F)F)cn1CCC. The van der Waals surface area contributed by atoms with E-state index in [9.17, 15) is 17.2 Å². The lowest BCUT2D eigenvalue weighted by Crippen LogP contribution is -2.28. The number of hydrogen-bond donors (Lipinski definition) is 2. The predicted molar refractivity (Wildman–Crippen MR) is 77.9 cm³/mol. The monoisotopic (exact) mass is 323 g/mol. The van der Waals surface area contributed by atoms with Crippen LogP contribution in [0.4, 0.5) is 8.78 Å². The van der Waals surface area contributed by atoms with Gasteiger partial charge in [0.25, 0.3) is 6.43 Å². The molecule has 5 nitrogen and oxygen atoms in total. The minimum absolute atomic E-state index is 0.0323. The molecule has 0 amide bonds. The van der Waals surface area contributed by atoms with Crippen molar-refractivity contribution in [1.82, 2.24) is 14.6 Å². The number of sulfonamides is 1. The van der Waals surface area contributed by atoms with Crippen molar-refractivity contribution in [1.29, 1.82) is 0 Å². The molecule has 0 unspecified atom stereocenters. The van der Waals surface area contributed by atoms with Gasteiger partial charge in [-0.2, -0.15) is 0 Å². The molecular weight excluding hydrogens is 300 g/mol. The molecule has 0 aliphatic rings. The van der Waals surface area contributed by atoms with E-state index < -0.39 is 23.0 Å². The fourth-order valence-electron chi connectivity index (χ4n) is 1.92. The lowest BCUT2D eigenvalue weighted by atomic mass is 10.4. The van der Waals surface area contributed by atoms with Crippen LogP contribution in [0.5, 0.6) is 0 Å². The van der Waals surface area contributed by atoms with E-state index in [-0.39, 0.29) is 4.90 Å². The van der Waals surface area contributed by atoms with Crippen LogP contribution in [-0.4, -0.2) is 32.5 Å². The molecule has 2 N–H and O–H groups in total. The van der Waals surface area contributed by atoms with Crippen molar-refractivity contribution in [3.63, 3.8) is 0 Å². The highest BCUT2D eigenvalue weighted by Gasteiger charge is 2.19. The van der Waals surface area contributed by atoms with Crippen LogP contribution in [0, 0.1) is 0 Å². The summed E-state index contributed by atoms with van der Waals surface area (Å²) in [7, 11) is -3.88. The highest BCUT2D eigenvalue weighted by molar-refractivity contribution is 7.89. The molecule has 0 aromatic carbocycles. The van der Waals surface area contributed by atoms with Gasteiger partial charge >= 0.3 is 0 Å². The summed E-state index contributed by atoms with van der Waals surface area (Å²) in [6, 6.07) is 1.53. The van der Waals surface area contributed by atoms with Crippen LogP contribution < -0.4 is 10.0 Å². The van der Waals surface area contributed by atoms with Crippen LogP contribution in [0.25, 0.3) is 0 Å². The summed E-state index contributed by atoms with van der Waals surface area (Å²) in [6.45, 7) is 5.24. The van der Waals surface area contributed by atoms with E-state index in [1.165, 1.54) is 12.3 Å². The zero-order chi connectivity index (χ0) is 15.9. The number of alkyl halides is 2. The van der Waals surface area contributed by atoms with Crippen LogP contribution in [0.15, 0.2) is 17.2 Å². The summed E-state index contributed by atoms with van der Waals surface area (Å²) in [6.07, 6.45) is 0.637. The highest BCUT2D eigenvalue weighted by atomic mass is 32.2. The zero-order valence-corrected chi connectivity index (χ0v) is 13.2. The summed E-state index contributed by atoms with van der Waals surface area (Å²) in [5.74, 6) is 0. The molecule has 0 bridgehead atoms. The minimum atomic E-state index is -3.88. The Morgan fingerprint density at radius 2 is 2.00 bits per heavy atom. The van der Waals surface area contributed by atoms with Crippen molar-refractivity contribution in [2.24, 2.45) is 0 Å². The molecule has 8 heteroatoms. The van der Waals surface area contributed by atoms with Crippen molar-refractivity contribution in [3.05, 3.63) is 18.0 Å². The summed E-state index contributed by atoms with van der Waals surface area (Å²) in [5.41, 5.74) is 0.836. The van der Waals surface area contributed by atoms with E-state index in [1.807, 2.05) is 23.1 Å². The summed E-state index contributed by atoms with van der Waals surface area (Å²) < 4.78 is 52.0. The van der Waals surface area contributed by atoms with Crippen LogP contribution in [0.3, 0.4) is 0 Å². The van der Waals surface area contributed by atoms with Gasteiger partial charge in [0.2, 0.25) is 10.0 Å². The Hall–Kier alpha value is -0.990. The minimum Gasteiger partial charge on any atom is -0.349 e. The fourth-order valence-corrected chi connectivity index (χ4v) is 2.99. The van der Waals surface area contributed by atoms with Gasteiger partial charge in [0.1, 0.15) is 0 Å². The molecule has 0 aliphatic carbocycles. The largest absolute Gasteiger partial charge is 0.349 e. The Bertz CT molecular complexity index is 530. The van der Waals surface area contributed by atoms with Crippen LogP contribution in [-0.2, 0) is 23.1 Å². The van der Waals surface area contributed by atoms with Gasteiger partial charge in [0.05, 0.1) is 11.4 Å². The molecule has 122 valence electrons. The molecule has 0 radical (unpaired) electrons. The molecule has 1 aromatic heterocycles. The van der Waals surface area contributed by atoms with Gasteiger partial charge in [-0.25, -0.2) is 21.9 Å². The molecule has 1 heterocycles. The second kappa shape index (κ2) is 8.45. The van der Waals surface area contributed by atoms with Gasteiger partial charge in [-0.1, -0.05) is 13.8 Å². The Labute approximate surface area is 124 Å². The summed E-state index contributed by atoms with van der Waals surface area (Å²) >= 11 is 0. The van der Waals surface area contributed by atoms with Crippen molar-refractivity contribution in [2.45, 2.75) is 51.1 Å². The third-order valence-corrected chi connectivity index (χ3v) is 4.29. The van der Waals surface area contributed by atoms with Gasteiger partial charge in [-0.15, -0.1) is 0 Å². The first-order valence-electron chi connectivity index (χ1n) is 7.08. The molecular formula is C13H23F2N3O2S. The lowest BCUT2D eigenvalue weighted by molar-refractivity contribution is 0.153. The Morgan fingerprint density at radius 1 is 1.29 bits per heavy atom. The second-order valence-corrected chi connectivity index (χ2v) is 6.55. The van der Waals surface area contributed by atoms with E-state index in [4.69, 9.17) is 0 Å². The molecule has 0 spiro atoms. The van der Waals surface area contributed by atoms with Gasteiger partial charge in [0.15, 0.2) is 0 Å². The molecule has 0 atom stereocenters. The second-order valence-electron chi connectivity index (χ2n) is 4.78. The number of halogens is 2. The third-order valence-electron chi connectivity index (χ3n) is 2.90. The van der Waals surface area contributed by atoms with Gasteiger partial charge in [-0.3, -0.25) is 0 Å². The Morgan fingerprint density at radius 3 is 2.57 bits per heavy atom. The van der Waals surface area contributed by atoms with E-state index >= 15 is 0 Å². The number of nitrogens with one attached hydrogen (secondary N) is 2. The van der Waals surface area contributed by atoms with Gasteiger partial charge in [0, 0.05) is 25.0 Å². The quantitative estimate of drug-likeness (QED) is 0.647. The van der Waals surface area contributed by atoms with Crippen molar-refractivity contribution >= 4 is 10.0 Å². The van der Waals surface area contributed by atoms with Gasteiger partial charge in [-0.05, 0) is 25.5 Å². The zero-order valence-electron chi connectivity index (χ0n) is 12.4. The molecule has 0 fully saturated rings. The third kappa shape index (κ3) is 5.72. The molecule has 0 saturated carbocycles. The highest BCUT2D eigenvalue weighted by Crippen LogP contribution is 2.15. The maximum atomic E-state index is 12.1. The van der Waals surface area contributed by atoms with Crippen LogP contribution >= 0.6 is 0 Å². The maximum absolute atomic E-state index is 12.1. The smallest absolute Gasteiger partial charge is 0.251 e. The number of aromatic nitrogens is 1. The van der Waals surface area contributed by atoms with E-state index in [2.05, 4.69) is 5.32 Å². The van der Waals surface area contributed by atoms with E-state index in [0.717, 1.165) is 25.1 Å². The Balaban J connectivity index is 2.89. The van der Waals surface area contributed by atoms with E-state index in [0.29, 0.717) is 13.1 Å². The number of aryl methyl sites for hydroxylation is 1. The normalized spacial score (nSPS) is 12.2. The van der Waals surface area contributed by atoms with Crippen molar-refractivity contribution in [3.8, 4) is 0 Å². The van der Waals surface area contributed by atoms with Crippen LogP contribution in [0.1, 0.15) is 32.4 Å². The fraction of sp³-hybridized carbons (Fsp3) is 0.692. The maximum Gasteiger partial charge on any atom is 0.251 e. The average Bonchev–Trinajstić information content (AvgIpc) is 2.82.